The molecule has 0 aliphatic rings. The molecule has 0 fully saturated rings. The Morgan fingerprint density at radius 1 is 0.976 bits per heavy atom. The molecule has 0 aromatic heterocycles. The summed E-state index contributed by atoms with van der Waals surface area (Å²) in [7, 11) is 5.17. The summed E-state index contributed by atoms with van der Waals surface area (Å²) in [6.45, 7) is 14.7. The van der Waals surface area contributed by atoms with Crippen molar-refractivity contribution in [2.75, 3.05) is 78.3 Å². The van der Waals surface area contributed by atoms with Crippen molar-refractivity contribution < 1.29 is 33.3 Å². The molecule has 1 aromatic carbocycles. The van der Waals surface area contributed by atoms with Gasteiger partial charge in [-0.05, 0) is 25.1 Å². The third-order valence-electron chi connectivity index (χ3n) is 4.95. The number of carbonyl (C=O) groups is 2. The van der Waals surface area contributed by atoms with Crippen molar-refractivity contribution in [3.8, 4) is 5.75 Å². The molecule has 3 N–H and O–H groups in total. The van der Waals surface area contributed by atoms with Gasteiger partial charge in [0.15, 0.2) is 0 Å². The van der Waals surface area contributed by atoms with Crippen LogP contribution in [0.3, 0.4) is 0 Å². The Hall–Kier alpha value is -1.80. The average molecular weight is 630 g/mol. The maximum absolute atomic E-state index is 12.3. The summed E-state index contributed by atoms with van der Waals surface area (Å²) in [5.41, 5.74) is 0.388. The smallest absolute Gasteiger partial charge is 0.246 e. The van der Waals surface area contributed by atoms with Gasteiger partial charge >= 0.3 is 0 Å². The lowest BCUT2D eigenvalue weighted by atomic mass is 10.2. The van der Waals surface area contributed by atoms with E-state index in [2.05, 4.69) is 50.6 Å². The second-order valence-corrected chi connectivity index (χ2v) is 13.8. The van der Waals surface area contributed by atoms with E-state index in [9.17, 15) is 9.59 Å². The highest BCUT2D eigenvalue weighted by Crippen LogP contribution is 2.38. The Balaban J connectivity index is 2.41. The molecule has 0 radical (unpaired) electrons. The molecule has 0 saturated carbocycles. The van der Waals surface area contributed by atoms with E-state index in [0.717, 1.165) is 6.54 Å². The van der Waals surface area contributed by atoms with E-state index in [-0.39, 0.29) is 35.0 Å². The van der Waals surface area contributed by atoms with Crippen LogP contribution >= 0.6 is 21.6 Å². The highest BCUT2D eigenvalue weighted by atomic mass is 33.1. The predicted octanol–water partition coefficient (Wildman–Crippen LogP) is 4.51. The van der Waals surface area contributed by atoms with Crippen LogP contribution < -0.4 is 20.7 Å². The van der Waals surface area contributed by atoms with Gasteiger partial charge in [0.25, 0.3) is 0 Å². The summed E-state index contributed by atoms with van der Waals surface area (Å²) >= 11 is 0. The van der Waals surface area contributed by atoms with Gasteiger partial charge < -0.3 is 39.6 Å². The maximum atomic E-state index is 12.3. The molecule has 1 aromatic rings. The fourth-order valence-electron chi connectivity index (χ4n) is 2.98. The third kappa shape index (κ3) is 22.8. The van der Waals surface area contributed by atoms with Gasteiger partial charge in [-0.25, -0.2) is 0 Å². The number of benzene rings is 1. The molecule has 42 heavy (non-hydrogen) atoms. The normalized spacial score (nSPS) is 12.5. The molecule has 0 spiro atoms. The number of carbonyl (C=O) groups excluding carboxylic acids is 2. The summed E-state index contributed by atoms with van der Waals surface area (Å²) in [6.07, 6.45) is 4.22. The van der Waals surface area contributed by atoms with Gasteiger partial charge in [0, 0.05) is 29.6 Å². The monoisotopic (exact) mass is 629 g/mol. The van der Waals surface area contributed by atoms with E-state index >= 15 is 0 Å². The van der Waals surface area contributed by atoms with Gasteiger partial charge in [-0.3, -0.25) is 9.59 Å². The standard InChI is InChI=1S/C30H51N3O7S2/c1-24(2)9-8-13-32-28(35)22-38-19-20-39-29(41-42-30(3,4)5)23-40-26-11-7-10-25(21-26)33-27(34)12-15-36-17-18-37-16-14-31-6/h7-11,21,24,29,31H,12-20,22-23H2,1-6H3,(H,32,35)(H,33,34)/b9-8+/t29-/m1/s1. The largest absolute Gasteiger partial charge is 0.490 e. The molecule has 0 unspecified atom stereocenters. The second kappa shape index (κ2) is 23.6. The van der Waals surface area contributed by atoms with Crippen LogP contribution in [-0.2, 0) is 28.5 Å². The molecule has 2 amide bonds. The molecule has 0 saturated heterocycles. The van der Waals surface area contributed by atoms with E-state index in [4.69, 9.17) is 23.7 Å². The van der Waals surface area contributed by atoms with E-state index < -0.39 is 0 Å². The van der Waals surface area contributed by atoms with Crippen molar-refractivity contribution in [3.05, 3.63) is 36.4 Å². The first-order valence-corrected chi connectivity index (χ1v) is 16.6. The van der Waals surface area contributed by atoms with Gasteiger partial charge in [0.05, 0.1) is 46.1 Å². The highest BCUT2D eigenvalue weighted by molar-refractivity contribution is 8.77. The molecule has 0 heterocycles. The zero-order chi connectivity index (χ0) is 31.1. The average Bonchev–Trinajstić information content (AvgIpc) is 2.93. The van der Waals surface area contributed by atoms with Crippen LogP contribution in [0.25, 0.3) is 0 Å². The Kier molecular flexibility index (Phi) is 21.5. The first-order chi connectivity index (χ1) is 20.1. The molecule has 0 aliphatic heterocycles. The van der Waals surface area contributed by atoms with Crippen molar-refractivity contribution in [2.24, 2.45) is 5.92 Å². The maximum Gasteiger partial charge on any atom is 0.246 e. The lowest BCUT2D eigenvalue weighted by Gasteiger charge is -2.22. The molecule has 10 nitrogen and oxygen atoms in total. The molecule has 0 bridgehead atoms. The van der Waals surface area contributed by atoms with E-state index in [1.54, 1.807) is 27.7 Å². The molecule has 240 valence electrons. The molecule has 1 atom stereocenters. The molecular weight excluding hydrogens is 578 g/mol. The van der Waals surface area contributed by atoms with Crippen LogP contribution in [0.15, 0.2) is 36.4 Å². The number of anilines is 1. The van der Waals surface area contributed by atoms with Crippen LogP contribution in [0.5, 0.6) is 5.75 Å². The second-order valence-electron chi connectivity index (χ2n) is 10.6. The number of ether oxygens (including phenoxy) is 5. The van der Waals surface area contributed by atoms with E-state index in [1.807, 2.05) is 37.4 Å². The number of hydrogen-bond acceptors (Lipinski definition) is 10. The van der Waals surface area contributed by atoms with Gasteiger partial charge in [0.2, 0.25) is 11.8 Å². The Morgan fingerprint density at radius 3 is 2.43 bits per heavy atom. The summed E-state index contributed by atoms with van der Waals surface area (Å²) in [5, 5.41) is 8.68. The Morgan fingerprint density at radius 2 is 1.71 bits per heavy atom. The van der Waals surface area contributed by atoms with Crippen LogP contribution in [0.2, 0.25) is 0 Å². The zero-order valence-electron chi connectivity index (χ0n) is 26.1. The summed E-state index contributed by atoms with van der Waals surface area (Å²) in [5.74, 6) is 0.775. The fraction of sp³-hybridized carbons (Fsp3) is 0.667. The number of nitrogens with one attached hydrogen (secondary N) is 3. The number of likely N-dealkylation sites (N-methyl/N-ethyl adjacent to an activating group) is 1. The topological polar surface area (TPSA) is 116 Å². The number of rotatable bonds is 24. The number of allylic oxidation sites excluding steroid dienone is 1. The zero-order valence-corrected chi connectivity index (χ0v) is 27.7. The Bertz CT molecular complexity index is 898. The molecule has 1 rings (SSSR count). The van der Waals surface area contributed by atoms with Crippen molar-refractivity contribution in [1.82, 2.24) is 10.6 Å². The van der Waals surface area contributed by atoms with E-state index in [1.165, 1.54) is 0 Å². The van der Waals surface area contributed by atoms with Crippen molar-refractivity contribution in [1.29, 1.82) is 0 Å². The van der Waals surface area contributed by atoms with Gasteiger partial charge in [0.1, 0.15) is 24.4 Å². The minimum Gasteiger partial charge on any atom is -0.490 e. The summed E-state index contributed by atoms with van der Waals surface area (Å²) < 4.78 is 28.4. The van der Waals surface area contributed by atoms with Crippen LogP contribution in [0.4, 0.5) is 5.69 Å². The summed E-state index contributed by atoms with van der Waals surface area (Å²) in [4.78, 5) is 24.2. The van der Waals surface area contributed by atoms with Gasteiger partial charge in [-0.1, -0.05) is 74.4 Å². The van der Waals surface area contributed by atoms with Crippen molar-refractivity contribution >= 4 is 39.1 Å². The predicted molar refractivity (Wildman–Crippen MR) is 173 cm³/mol. The summed E-state index contributed by atoms with van der Waals surface area (Å²) in [6, 6.07) is 7.26. The third-order valence-corrected chi connectivity index (χ3v) is 8.47. The molecule has 0 aliphatic carbocycles. The van der Waals surface area contributed by atoms with Gasteiger partial charge in [-0.2, -0.15) is 0 Å². The highest BCUT2D eigenvalue weighted by Gasteiger charge is 2.18. The van der Waals surface area contributed by atoms with Crippen LogP contribution in [-0.4, -0.2) is 95.0 Å². The molecule has 12 heteroatoms. The first kappa shape index (κ1) is 38.2. The van der Waals surface area contributed by atoms with Crippen molar-refractivity contribution in [3.63, 3.8) is 0 Å². The van der Waals surface area contributed by atoms with Crippen LogP contribution in [0, 0.1) is 5.92 Å². The van der Waals surface area contributed by atoms with Crippen molar-refractivity contribution in [2.45, 2.75) is 51.2 Å². The minimum absolute atomic E-state index is 0.0139. The van der Waals surface area contributed by atoms with E-state index in [0.29, 0.717) is 70.1 Å². The lowest BCUT2D eigenvalue weighted by molar-refractivity contribution is -0.126. The van der Waals surface area contributed by atoms with Gasteiger partial charge in [-0.15, -0.1) is 0 Å². The Labute approximate surface area is 260 Å². The van der Waals surface area contributed by atoms with Crippen LogP contribution in [0.1, 0.15) is 41.0 Å². The quantitative estimate of drug-likeness (QED) is 0.0653. The number of hydrogen-bond donors (Lipinski definition) is 3. The molecular formula is C30H51N3O7S2. The lowest BCUT2D eigenvalue weighted by Crippen LogP contribution is -2.28. The first-order valence-electron chi connectivity index (χ1n) is 14.4. The number of amides is 2. The SMILES string of the molecule is CNCCOCCOCCC(=O)Nc1cccc(OC[C@H](OCCOCC(=O)NC/C=C/C(C)C)SSC(C)(C)C)c1. The minimum atomic E-state index is -0.259. The fourth-order valence-corrected chi connectivity index (χ4v) is 5.17.